The van der Waals surface area contributed by atoms with E-state index in [0.717, 1.165) is 70.6 Å². The van der Waals surface area contributed by atoms with Gasteiger partial charge in [-0.1, -0.05) is 235 Å². The molecule has 9 heteroatoms. The van der Waals surface area contributed by atoms with Crippen molar-refractivity contribution in [1.29, 1.82) is 0 Å². The first kappa shape index (κ1) is 63.2. The van der Waals surface area contributed by atoms with Crippen LogP contribution in [0.5, 0.6) is 0 Å². The van der Waals surface area contributed by atoms with E-state index < -0.39 is 20.0 Å². The van der Waals surface area contributed by atoms with Crippen LogP contribution in [0.3, 0.4) is 0 Å². The molecule has 2 N–H and O–H groups in total. The lowest BCUT2D eigenvalue weighted by molar-refractivity contribution is -0.870. The van der Waals surface area contributed by atoms with Crippen molar-refractivity contribution in [2.24, 2.45) is 0 Å². The summed E-state index contributed by atoms with van der Waals surface area (Å²) in [7, 11) is 1.30. The van der Waals surface area contributed by atoms with Crippen LogP contribution in [-0.4, -0.2) is 68.5 Å². The first-order chi connectivity index (χ1) is 31.5. The van der Waals surface area contributed by atoms with Gasteiger partial charge in [-0.3, -0.25) is 9.36 Å². The summed E-state index contributed by atoms with van der Waals surface area (Å²) in [4.78, 5) is 25.3. The van der Waals surface area contributed by atoms with Crippen molar-refractivity contribution in [2.75, 3.05) is 40.9 Å². The number of nitrogens with zero attached hydrogens (tertiary/aromatic N) is 1. The topological polar surface area (TPSA) is 108 Å². The highest BCUT2D eigenvalue weighted by Crippen LogP contribution is 2.38. The molecule has 0 aromatic carbocycles. The number of phosphoric ester groups is 1. The summed E-state index contributed by atoms with van der Waals surface area (Å²) in [5.74, 6) is -0.167. The van der Waals surface area contributed by atoms with Gasteiger partial charge in [-0.25, -0.2) is 0 Å². The number of carbonyl (C=O) groups is 1. The second-order valence-corrected chi connectivity index (χ2v) is 21.0. The summed E-state index contributed by atoms with van der Waals surface area (Å²) in [6.07, 6.45) is 62.8. The zero-order valence-corrected chi connectivity index (χ0v) is 44.1. The van der Waals surface area contributed by atoms with Crippen LogP contribution in [0.4, 0.5) is 0 Å². The number of quaternary nitrogens is 1. The first-order valence-electron chi connectivity index (χ1n) is 27.1. The van der Waals surface area contributed by atoms with Gasteiger partial charge in [0.25, 0.3) is 7.82 Å². The second kappa shape index (κ2) is 47.3. The smallest absolute Gasteiger partial charge is 0.268 e. The molecule has 380 valence electrons. The van der Waals surface area contributed by atoms with Gasteiger partial charge in [-0.05, 0) is 57.8 Å². The molecule has 8 nitrogen and oxygen atoms in total. The van der Waals surface area contributed by atoms with Gasteiger partial charge in [-0.15, -0.1) is 0 Å². The van der Waals surface area contributed by atoms with E-state index in [0.29, 0.717) is 23.9 Å². The van der Waals surface area contributed by atoms with Crippen molar-refractivity contribution < 1.29 is 32.9 Å². The number of hydrogen-bond donors (Lipinski definition) is 2. The highest BCUT2D eigenvalue weighted by atomic mass is 31.2. The molecule has 0 saturated heterocycles. The Morgan fingerprint density at radius 1 is 0.554 bits per heavy atom. The Kier molecular flexibility index (Phi) is 46.0. The summed E-state index contributed by atoms with van der Waals surface area (Å²) in [5, 5.41) is 13.9. The molecular weight excluding hydrogens is 828 g/mol. The van der Waals surface area contributed by atoms with E-state index in [-0.39, 0.29) is 19.1 Å². The van der Waals surface area contributed by atoms with Crippen molar-refractivity contribution in [2.45, 2.75) is 251 Å². The Bertz CT molecular complexity index is 1240. The van der Waals surface area contributed by atoms with Crippen LogP contribution < -0.4 is 10.2 Å². The predicted octanol–water partition coefficient (Wildman–Crippen LogP) is 15.5. The zero-order chi connectivity index (χ0) is 47.8. The molecule has 1 amide bonds. The number of aliphatic hydroxyl groups excluding tert-OH is 1. The van der Waals surface area contributed by atoms with Gasteiger partial charge < -0.3 is 28.8 Å². The number of aliphatic hydroxyl groups is 1. The number of phosphoric acid groups is 1. The molecule has 0 radical (unpaired) electrons. The van der Waals surface area contributed by atoms with Crippen LogP contribution in [0.1, 0.15) is 239 Å². The maximum Gasteiger partial charge on any atom is 0.268 e. The van der Waals surface area contributed by atoms with E-state index in [2.05, 4.69) is 79.9 Å². The minimum absolute atomic E-state index is 0.0118. The fraction of sp³-hybridized carbons (Fsp3) is 0.804. The summed E-state index contributed by atoms with van der Waals surface area (Å²) in [6, 6.07) is -0.798. The van der Waals surface area contributed by atoms with Gasteiger partial charge in [0.15, 0.2) is 0 Å². The first-order valence-corrected chi connectivity index (χ1v) is 28.6. The maximum absolute atomic E-state index is 12.9. The van der Waals surface area contributed by atoms with Crippen LogP contribution in [-0.2, 0) is 18.4 Å². The summed E-state index contributed by atoms with van der Waals surface area (Å²) < 4.78 is 23.2. The fourth-order valence-corrected chi connectivity index (χ4v) is 8.50. The number of hydrogen-bond acceptors (Lipinski definition) is 6. The summed E-state index contributed by atoms with van der Waals surface area (Å²) in [5.41, 5.74) is 0. The number of amides is 1. The minimum atomic E-state index is -4.56. The highest BCUT2D eigenvalue weighted by molar-refractivity contribution is 7.45. The molecule has 0 aliphatic carbocycles. The van der Waals surface area contributed by atoms with Crippen molar-refractivity contribution in [1.82, 2.24) is 5.32 Å². The Labute approximate surface area is 402 Å². The molecule has 0 heterocycles. The van der Waals surface area contributed by atoms with E-state index >= 15 is 0 Å². The standard InChI is InChI=1S/C56H105N2O6P/c1-6-8-10-12-14-16-17-18-19-20-21-22-23-24-25-26-27-28-29-30-31-32-33-34-35-36-37-38-39-40-41-42-44-46-48-50-56(60)57-54(53-64-65(61,62)63-52-51-58(3,4)5)55(59)49-47-45-43-15-13-11-9-7-2/h8,10,14,16,18-19,21-22,24-25,54-55,59H,6-7,9,11-13,15,17,20,23,26-53H2,1-5H3,(H-,57,60,61,62)/b10-8-,16-14-,19-18-,22-21-,25-24-. The molecule has 0 aliphatic heterocycles. The van der Waals surface area contributed by atoms with Gasteiger partial charge >= 0.3 is 0 Å². The lowest BCUT2D eigenvalue weighted by Gasteiger charge is -2.30. The fourth-order valence-electron chi connectivity index (χ4n) is 7.77. The van der Waals surface area contributed by atoms with Crippen LogP contribution in [0, 0.1) is 0 Å². The van der Waals surface area contributed by atoms with Gasteiger partial charge in [0.05, 0.1) is 39.9 Å². The SMILES string of the molecule is CC/C=C\C/C=C\C/C=C\C/C=C\C/C=C\CCCCCCCCCCCCCCCCCCCCCC(=O)NC(COP(=O)([O-])OCC[N+](C)(C)C)C(O)CCCCCCCCCC. The van der Waals surface area contributed by atoms with Crippen LogP contribution in [0.2, 0.25) is 0 Å². The number of nitrogens with one attached hydrogen (secondary N) is 1. The molecular formula is C56H105N2O6P. The predicted molar refractivity (Wildman–Crippen MR) is 279 cm³/mol. The van der Waals surface area contributed by atoms with Crippen molar-refractivity contribution >= 4 is 13.7 Å². The molecule has 0 fully saturated rings. The number of carbonyl (C=O) groups excluding carboxylic acids is 1. The normalized spacial score (nSPS) is 14.5. The average Bonchev–Trinajstić information content (AvgIpc) is 3.26. The Morgan fingerprint density at radius 2 is 0.938 bits per heavy atom. The van der Waals surface area contributed by atoms with Crippen LogP contribution >= 0.6 is 7.82 Å². The maximum atomic E-state index is 12.9. The van der Waals surface area contributed by atoms with Crippen molar-refractivity contribution in [3.8, 4) is 0 Å². The van der Waals surface area contributed by atoms with Crippen LogP contribution in [0.25, 0.3) is 0 Å². The summed E-state index contributed by atoms with van der Waals surface area (Å²) >= 11 is 0. The highest BCUT2D eigenvalue weighted by Gasteiger charge is 2.24. The van der Waals surface area contributed by atoms with Crippen molar-refractivity contribution in [3.63, 3.8) is 0 Å². The Balaban J connectivity index is 3.87. The quantitative estimate of drug-likeness (QED) is 0.0272. The third-order valence-electron chi connectivity index (χ3n) is 12.0. The monoisotopic (exact) mass is 933 g/mol. The lowest BCUT2D eigenvalue weighted by atomic mass is 10.0. The minimum Gasteiger partial charge on any atom is -0.756 e. The molecule has 0 aromatic rings. The molecule has 3 atom stereocenters. The van der Waals surface area contributed by atoms with Gasteiger partial charge in [-0.2, -0.15) is 0 Å². The van der Waals surface area contributed by atoms with E-state index in [9.17, 15) is 19.4 Å². The number of unbranched alkanes of at least 4 members (excludes halogenated alkanes) is 26. The molecule has 65 heavy (non-hydrogen) atoms. The summed E-state index contributed by atoms with van der Waals surface area (Å²) in [6.45, 7) is 4.57. The molecule has 0 aliphatic rings. The van der Waals surface area contributed by atoms with E-state index in [1.165, 1.54) is 141 Å². The van der Waals surface area contributed by atoms with Gasteiger partial charge in [0.1, 0.15) is 13.2 Å². The van der Waals surface area contributed by atoms with E-state index in [1.807, 2.05) is 21.1 Å². The van der Waals surface area contributed by atoms with E-state index in [1.54, 1.807) is 0 Å². The zero-order valence-electron chi connectivity index (χ0n) is 43.2. The van der Waals surface area contributed by atoms with Gasteiger partial charge in [0, 0.05) is 6.42 Å². The van der Waals surface area contributed by atoms with E-state index in [4.69, 9.17) is 9.05 Å². The number of rotatable bonds is 49. The largest absolute Gasteiger partial charge is 0.756 e. The molecule has 0 spiro atoms. The third kappa shape index (κ3) is 49.9. The number of allylic oxidation sites excluding steroid dienone is 10. The Hall–Kier alpha value is -1.80. The van der Waals surface area contributed by atoms with Crippen molar-refractivity contribution in [3.05, 3.63) is 60.8 Å². The molecule has 0 bridgehead atoms. The van der Waals surface area contributed by atoms with Crippen LogP contribution in [0.15, 0.2) is 60.8 Å². The average molecular weight is 933 g/mol. The lowest BCUT2D eigenvalue weighted by Crippen LogP contribution is -2.46. The molecule has 0 saturated carbocycles. The molecule has 3 unspecified atom stereocenters. The molecule has 0 aromatic heterocycles. The third-order valence-corrected chi connectivity index (χ3v) is 13.0. The number of likely N-dealkylation sites (N-methyl/N-ethyl adjacent to an activating group) is 1. The Morgan fingerprint density at radius 3 is 1.37 bits per heavy atom. The molecule has 0 rings (SSSR count). The van der Waals surface area contributed by atoms with Gasteiger partial charge in [0.2, 0.25) is 5.91 Å². The second-order valence-electron chi connectivity index (χ2n) is 19.6.